The van der Waals surface area contributed by atoms with Crippen LogP contribution in [0, 0.1) is 11.3 Å². The fourth-order valence-corrected chi connectivity index (χ4v) is 2.93. The predicted octanol–water partition coefficient (Wildman–Crippen LogP) is 4.65. The highest BCUT2D eigenvalue weighted by Crippen LogP contribution is 2.31. The molecule has 4 aromatic rings. The number of pyridine rings is 1. The molecule has 0 aliphatic heterocycles. The molecule has 0 saturated carbocycles. The number of rotatable bonds is 4. The Morgan fingerprint density at radius 1 is 0.931 bits per heavy atom. The van der Waals surface area contributed by atoms with Gasteiger partial charge < -0.3 is 10.6 Å². The molecule has 0 saturated heterocycles. The van der Waals surface area contributed by atoms with Crippen LogP contribution in [-0.2, 0) is 0 Å². The van der Waals surface area contributed by atoms with E-state index in [9.17, 15) is 4.79 Å². The second kappa shape index (κ2) is 8.06. The van der Waals surface area contributed by atoms with E-state index in [4.69, 9.17) is 5.26 Å². The van der Waals surface area contributed by atoms with Crippen molar-refractivity contribution in [1.29, 1.82) is 5.26 Å². The largest absolute Gasteiger partial charge is 0.323 e. The number of benzene rings is 2. The summed E-state index contributed by atoms with van der Waals surface area (Å²) in [5, 5.41) is 21.7. The molecule has 0 bridgehead atoms. The smallest absolute Gasteiger partial charge is 0.308 e. The molecule has 29 heavy (non-hydrogen) atoms. The Bertz CT molecular complexity index is 1180. The average molecular weight is 380 g/mol. The maximum atomic E-state index is 12.3. The third-order valence-electron chi connectivity index (χ3n) is 4.30. The van der Waals surface area contributed by atoms with Crippen LogP contribution >= 0.6 is 0 Å². The molecule has 2 aromatic heterocycles. The van der Waals surface area contributed by atoms with Crippen molar-refractivity contribution in [2.45, 2.75) is 0 Å². The van der Waals surface area contributed by atoms with E-state index < -0.39 is 0 Å². The summed E-state index contributed by atoms with van der Waals surface area (Å²) in [6.45, 7) is 0. The zero-order valence-corrected chi connectivity index (χ0v) is 15.3. The number of H-pyrrole nitrogens is 1. The molecule has 3 N–H and O–H groups in total. The number of nitrogens with one attached hydrogen (secondary N) is 3. The minimum absolute atomic E-state index is 0.372. The van der Waals surface area contributed by atoms with Crippen molar-refractivity contribution >= 4 is 17.4 Å². The van der Waals surface area contributed by atoms with Crippen molar-refractivity contribution in [1.82, 2.24) is 15.2 Å². The average Bonchev–Trinajstić information content (AvgIpc) is 3.25. The summed E-state index contributed by atoms with van der Waals surface area (Å²) in [7, 11) is 0. The van der Waals surface area contributed by atoms with E-state index in [1.807, 2.05) is 42.6 Å². The number of carbonyl (C=O) groups excluding carboxylic acids is 1. The highest BCUT2D eigenvalue weighted by atomic mass is 16.2. The number of carbonyl (C=O) groups is 1. The molecular weight excluding hydrogens is 364 g/mol. The zero-order valence-electron chi connectivity index (χ0n) is 15.3. The highest BCUT2D eigenvalue weighted by molar-refractivity contribution is 6.00. The quantitative estimate of drug-likeness (QED) is 0.479. The van der Waals surface area contributed by atoms with Crippen LogP contribution < -0.4 is 10.6 Å². The van der Waals surface area contributed by atoms with Crippen LogP contribution in [-0.4, -0.2) is 21.2 Å². The lowest BCUT2D eigenvalue weighted by atomic mass is 10.0. The molecule has 7 nitrogen and oxygen atoms in total. The van der Waals surface area contributed by atoms with Gasteiger partial charge >= 0.3 is 6.03 Å². The van der Waals surface area contributed by atoms with Crippen molar-refractivity contribution in [2.75, 3.05) is 10.6 Å². The Morgan fingerprint density at radius 2 is 1.69 bits per heavy atom. The first kappa shape index (κ1) is 17.9. The second-order valence-corrected chi connectivity index (χ2v) is 6.23. The first-order chi connectivity index (χ1) is 14.2. The maximum Gasteiger partial charge on any atom is 0.323 e. The van der Waals surface area contributed by atoms with Gasteiger partial charge in [-0.05, 0) is 54.1 Å². The van der Waals surface area contributed by atoms with Gasteiger partial charge in [-0.25, -0.2) is 4.79 Å². The number of anilines is 2. The predicted molar refractivity (Wildman–Crippen MR) is 111 cm³/mol. The summed E-state index contributed by atoms with van der Waals surface area (Å²) < 4.78 is 0. The minimum atomic E-state index is -0.372. The van der Waals surface area contributed by atoms with Gasteiger partial charge in [0.25, 0.3) is 0 Å². The Balaban J connectivity index is 1.52. The van der Waals surface area contributed by atoms with Crippen molar-refractivity contribution in [3.05, 3.63) is 84.8 Å². The molecule has 0 fully saturated rings. The first-order valence-corrected chi connectivity index (χ1v) is 8.86. The summed E-state index contributed by atoms with van der Waals surface area (Å²) in [5.74, 6) is 0. The van der Waals surface area contributed by atoms with Crippen LogP contribution in [0.3, 0.4) is 0 Å². The number of nitrogens with zero attached hydrogens (tertiary/aromatic N) is 3. The van der Waals surface area contributed by atoms with Gasteiger partial charge in [-0.15, -0.1) is 0 Å². The lowest BCUT2D eigenvalue weighted by Crippen LogP contribution is -2.19. The van der Waals surface area contributed by atoms with Crippen LogP contribution in [0.5, 0.6) is 0 Å². The van der Waals surface area contributed by atoms with Gasteiger partial charge in [0.15, 0.2) is 0 Å². The van der Waals surface area contributed by atoms with E-state index >= 15 is 0 Å². The minimum Gasteiger partial charge on any atom is -0.308 e. The molecule has 140 valence electrons. The molecule has 0 atom stereocenters. The van der Waals surface area contributed by atoms with Crippen LogP contribution in [0.4, 0.5) is 16.2 Å². The van der Waals surface area contributed by atoms with E-state index in [0.29, 0.717) is 16.9 Å². The van der Waals surface area contributed by atoms with Crippen molar-refractivity contribution < 1.29 is 4.79 Å². The summed E-state index contributed by atoms with van der Waals surface area (Å²) in [4.78, 5) is 16.4. The summed E-state index contributed by atoms with van der Waals surface area (Å²) in [6, 6.07) is 19.6. The summed E-state index contributed by atoms with van der Waals surface area (Å²) in [6.07, 6.45) is 5.30. The van der Waals surface area contributed by atoms with Crippen molar-refractivity contribution in [2.24, 2.45) is 0 Å². The number of aromatic nitrogens is 3. The highest BCUT2D eigenvalue weighted by Gasteiger charge is 2.11. The third kappa shape index (κ3) is 4.12. The Morgan fingerprint density at radius 3 is 2.45 bits per heavy atom. The number of hydrogen-bond donors (Lipinski definition) is 3. The lowest BCUT2D eigenvalue weighted by molar-refractivity contribution is 0.262. The van der Waals surface area contributed by atoms with E-state index in [0.717, 1.165) is 22.4 Å². The normalized spacial score (nSPS) is 10.2. The number of aromatic amines is 1. The van der Waals surface area contributed by atoms with Gasteiger partial charge in [-0.1, -0.05) is 12.1 Å². The molecule has 2 aromatic carbocycles. The Labute approximate surface area is 167 Å². The summed E-state index contributed by atoms with van der Waals surface area (Å²) in [5.41, 5.74) is 5.38. The molecule has 0 unspecified atom stereocenters. The van der Waals surface area contributed by atoms with E-state index in [2.05, 4.69) is 25.8 Å². The molecule has 0 radical (unpaired) electrons. The Hall–Kier alpha value is -4.44. The molecule has 2 heterocycles. The van der Waals surface area contributed by atoms with E-state index in [1.54, 1.807) is 42.7 Å². The SMILES string of the molecule is N#Cc1ccc(NC(=O)Nc2cccc(-c3n[nH]cc3-c3ccncc3)c2)cc1. The molecular formula is C22H16N6O. The topological polar surface area (TPSA) is 106 Å². The van der Waals surface area contributed by atoms with E-state index in [1.165, 1.54) is 0 Å². The van der Waals surface area contributed by atoms with Gasteiger partial charge in [0.2, 0.25) is 0 Å². The molecule has 0 aliphatic carbocycles. The fraction of sp³-hybridized carbons (Fsp3) is 0. The van der Waals surface area contributed by atoms with Crippen LogP contribution in [0.25, 0.3) is 22.4 Å². The molecule has 7 heteroatoms. The van der Waals surface area contributed by atoms with Gasteiger partial charge in [-0.2, -0.15) is 10.4 Å². The molecule has 2 amide bonds. The summed E-state index contributed by atoms with van der Waals surface area (Å²) >= 11 is 0. The van der Waals surface area contributed by atoms with Crippen LogP contribution in [0.15, 0.2) is 79.3 Å². The van der Waals surface area contributed by atoms with Gasteiger partial charge in [0, 0.05) is 41.1 Å². The second-order valence-electron chi connectivity index (χ2n) is 6.23. The standard InChI is InChI=1S/C22H16N6O/c23-13-15-4-6-18(7-5-15)26-22(29)27-19-3-1-2-17(12-19)21-20(14-25-28-21)16-8-10-24-11-9-16/h1-12,14H,(H,25,28)(H2,26,27,29). The van der Waals surface area contributed by atoms with Crippen LogP contribution in [0.1, 0.15) is 5.56 Å². The lowest BCUT2D eigenvalue weighted by Gasteiger charge is -2.09. The van der Waals surface area contributed by atoms with Gasteiger partial charge in [0.1, 0.15) is 0 Å². The number of nitriles is 1. The van der Waals surface area contributed by atoms with Gasteiger partial charge in [0.05, 0.1) is 17.3 Å². The molecule has 0 spiro atoms. The van der Waals surface area contributed by atoms with Crippen LogP contribution in [0.2, 0.25) is 0 Å². The number of hydrogen-bond acceptors (Lipinski definition) is 4. The van der Waals surface area contributed by atoms with Gasteiger partial charge in [-0.3, -0.25) is 10.1 Å². The zero-order chi connectivity index (χ0) is 20.1. The third-order valence-corrected chi connectivity index (χ3v) is 4.30. The van der Waals surface area contributed by atoms with E-state index in [-0.39, 0.29) is 6.03 Å². The monoisotopic (exact) mass is 380 g/mol. The maximum absolute atomic E-state index is 12.3. The van der Waals surface area contributed by atoms with Crippen molar-refractivity contribution in [3.63, 3.8) is 0 Å². The number of amides is 2. The van der Waals surface area contributed by atoms with Crippen molar-refractivity contribution in [3.8, 4) is 28.5 Å². The first-order valence-electron chi connectivity index (χ1n) is 8.86. The Kier molecular flexibility index (Phi) is 4.99. The number of urea groups is 1. The molecule has 0 aliphatic rings. The molecule has 4 rings (SSSR count). The fourth-order valence-electron chi connectivity index (χ4n) is 2.93.